The van der Waals surface area contributed by atoms with Gasteiger partial charge in [-0.05, 0) is 45.2 Å². The standard InChI is InChI=1S/C24H28F4N4O5/c1-12-10-29-22(36-4)13(2)20(12)31-21(34)16-8-17(25)18(9-19(16)37-14(3)24(26,27)28)30-23(35)32-7-5-6-15(32)11-33/h8-10,14-15,33H,5-7,11H2,1-4H3,(H,30,35)(H,29,31,34). The van der Waals surface area contributed by atoms with Gasteiger partial charge in [-0.15, -0.1) is 0 Å². The molecule has 0 bridgehead atoms. The minimum Gasteiger partial charge on any atom is -0.481 e. The van der Waals surface area contributed by atoms with E-state index in [0.29, 0.717) is 36.6 Å². The number of methoxy groups -OCH3 is 1. The first-order chi connectivity index (χ1) is 17.4. The molecule has 1 aliphatic rings. The normalized spacial score (nSPS) is 16.4. The van der Waals surface area contributed by atoms with Gasteiger partial charge in [0.25, 0.3) is 5.91 Å². The van der Waals surface area contributed by atoms with Crippen LogP contribution in [0.4, 0.5) is 33.7 Å². The van der Waals surface area contributed by atoms with Gasteiger partial charge >= 0.3 is 12.2 Å². The van der Waals surface area contributed by atoms with Gasteiger partial charge in [0.15, 0.2) is 6.10 Å². The molecule has 0 saturated carbocycles. The maximum Gasteiger partial charge on any atom is 0.425 e. The number of hydrogen-bond acceptors (Lipinski definition) is 6. The van der Waals surface area contributed by atoms with Crippen LogP contribution >= 0.6 is 0 Å². The lowest BCUT2D eigenvalue weighted by atomic mass is 10.1. The lowest BCUT2D eigenvalue weighted by Crippen LogP contribution is -2.40. The van der Waals surface area contributed by atoms with Gasteiger partial charge in [-0.2, -0.15) is 13.2 Å². The van der Waals surface area contributed by atoms with Crippen LogP contribution in [0.25, 0.3) is 0 Å². The molecule has 202 valence electrons. The molecule has 1 aromatic heterocycles. The number of carbonyl (C=O) groups is 2. The van der Waals surface area contributed by atoms with Crippen molar-refractivity contribution >= 4 is 23.3 Å². The number of pyridine rings is 1. The number of nitrogens with one attached hydrogen (secondary N) is 2. The molecule has 3 N–H and O–H groups in total. The molecule has 3 rings (SSSR count). The van der Waals surface area contributed by atoms with Crippen molar-refractivity contribution in [3.05, 3.63) is 40.8 Å². The van der Waals surface area contributed by atoms with Gasteiger partial charge in [0, 0.05) is 24.4 Å². The Hall–Kier alpha value is -3.61. The third kappa shape index (κ3) is 6.21. The molecule has 9 nitrogen and oxygen atoms in total. The summed E-state index contributed by atoms with van der Waals surface area (Å²) in [7, 11) is 1.38. The molecule has 2 unspecified atom stereocenters. The molecule has 2 atom stereocenters. The molecule has 3 amide bonds. The van der Waals surface area contributed by atoms with Crippen LogP contribution in [0.15, 0.2) is 18.3 Å². The Balaban J connectivity index is 1.98. The molecule has 1 aromatic carbocycles. The molecule has 2 aromatic rings. The van der Waals surface area contributed by atoms with E-state index >= 15 is 4.39 Å². The fourth-order valence-electron chi connectivity index (χ4n) is 3.96. The first-order valence-corrected chi connectivity index (χ1v) is 11.4. The number of aliphatic hydroxyl groups excluding tert-OH is 1. The SMILES string of the molecule is COc1ncc(C)c(NC(=O)c2cc(F)c(NC(=O)N3CCCC3CO)cc2OC(C)C(F)(F)F)c1C. The highest BCUT2D eigenvalue weighted by Gasteiger charge is 2.39. The fraction of sp³-hybridized carbons (Fsp3) is 0.458. The summed E-state index contributed by atoms with van der Waals surface area (Å²) in [5.41, 5.74) is 0.276. The van der Waals surface area contributed by atoms with E-state index < -0.39 is 53.1 Å². The van der Waals surface area contributed by atoms with Crippen LogP contribution in [0.1, 0.15) is 41.3 Å². The van der Waals surface area contributed by atoms with Crippen molar-refractivity contribution in [1.29, 1.82) is 0 Å². The van der Waals surface area contributed by atoms with E-state index in [1.54, 1.807) is 13.8 Å². The number of aryl methyl sites for hydroxylation is 1. The van der Waals surface area contributed by atoms with Crippen LogP contribution < -0.4 is 20.1 Å². The summed E-state index contributed by atoms with van der Waals surface area (Å²) in [5.74, 6) is -2.38. The maximum atomic E-state index is 15.0. The number of nitrogens with zero attached hydrogens (tertiary/aromatic N) is 2. The Kier molecular flexibility index (Phi) is 8.46. The third-order valence-corrected chi connectivity index (χ3v) is 6.07. The van der Waals surface area contributed by atoms with E-state index in [1.165, 1.54) is 18.2 Å². The zero-order valence-electron chi connectivity index (χ0n) is 20.7. The van der Waals surface area contributed by atoms with Crippen molar-refractivity contribution in [3.63, 3.8) is 0 Å². The fourth-order valence-corrected chi connectivity index (χ4v) is 3.96. The Morgan fingerprint density at radius 2 is 1.97 bits per heavy atom. The minimum absolute atomic E-state index is 0.218. The van der Waals surface area contributed by atoms with Gasteiger partial charge in [0.1, 0.15) is 11.6 Å². The largest absolute Gasteiger partial charge is 0.481 e. The molecule has 0 radical (unpaired) electrons. The second-order valence-electron chi connectivity index (χ2n) is 8.64. The van der Waals surface area contributed by atoms with Gasteiger partial charge in [-0.3, -0.25) is 4.79 Å². The van der Waals surface area contributed by atoms with Crippen molar-refractivity contribution in [3.8, 4) is 11.6 Å². The number of urea groups is 1. The number of amides is 3. The molecule has 1 fully saturated rings. The number of aromatic nitrogens is 1. The Morgan fingerprint density at radius 1 is 1.27 bits per heavy atom. The first-order valence-electron chi connectivity index (χ1n) is 11.4. The number of halogens is 4. The number of aliphatic hydroxyl groups is 1. The zero-order chi connectivity index (χ0) is 27.5. The molecule has 13 heteroatoms. The van der Waals surface area contributed by atoms with Gasteiger partial charge < -0.3 is 30.1 Å². The second kappa shape index (κ2) is 11.2. The zero-order valence-corrected chi connectivity index (χ0v) is 20.7. The predicted octanol–water partition coefficient (Wildman–Crippen LogP) is 4.42. The van der Waals surface area contributed by atoms with Crippen molar-refractivity contribution in [2.45, 2.75) is 51.9 Å². The number of likely N-dealkylation sites (tertiary alicyclic amines) is 1. The Bertz CT molecular complexity index is 1170. The van der Waals surface area contributed by atoms with Gasteiger partial charge in [-0.1, -0.05) is 0 Å². The number of rotatable bonds is 7. The second-order valence-corrected chi connectivity index (χ2v) is 8.64. The minimum atomic E-state index is -4.78. The summed E-state index contributed by atoms with van der Waals surface area (Å²) in [6.07, 6.45) is -4.49. The number of hydrogen-bond donors (Lipinski definition) is 3. The summed E-state index contributed by atoms with van der Waals surface area (Å²) in [5, 5.41) is 14.3. The van der Waals surface area contributed by atoms with Crippen molar-refractivity contribution < 1.29 is 41.7 Å². The molecule has 0 spiro atoms. The molecule has 1 saturated heterocycles. The highest BCUT2D eigenvalue weighted by molar-refractivity contribution is 6.07. The van der Waals surface area contributed by atoms with E-state index in [0.717, 1.165) is 13.0 Å². The molecule has 1 aliphatic heterocycles. The van der Waals surface area contributed by atoms with Crippen LogP contribution in [0.2, 0.25) is 0 Å². The third-order valence-electron chi connectivity index (χ3n) is 6.07. The molecule has 0 aliphatic carbocycles. The lowest BCUT2D eigenvalue weighted by molar-refractivity contribution is -0.189. The number of alkyl halides is 3. The Morgan fingerprint density at radius 3 is 2.59 bits per heavy atom. The monoisotopic (exact) mass is 528 g/mol. The molecular weight excluding hydrogens is 500 g/mol. The van der Waals surface area contributed by atoms with Gasteiger partial charge in [0.2, 0.25) is 5.88 Å². The molecule has 2 heterocycles. The van der Waals surface area contributed by atoms with Crippen molar-refractivity contribution in [2.24, 2.45) is 0 Å². The highest BCUT2D eigenvalue weighted by Crippen LogP contribution is 2.33. The average Bonchev–Trinajstić information content (AvgIpc) is 3.32. The van der Waals surface area contributed by atoms with Gasteiger partial charge in [0.05, 0.1) is 36.7 Å². The van der Waals surface area contributed by atoms with E-state index in [-0.39, 0.29) is 18.2 Å². The van der Waals surface area contributed by atoms with E-state index in [1.807, 2.05) is 0 Å². The summed E-state index contributed by atoms with van der Waals surface area (Å²) in [4.78, 5) is 31.1. The molecular formula is C24H28F4N4O5. The van der Waals surface area contributed by atoms with Crippen LogP contribution in [0, 0.1) is 19.7 Å². The highest BCUT2D eigenvalue weighted by atomic mass is 19.4. The van der Waals surface area contributed by atoms with E-state index in [4.69, 9.17) is 9.47 Å². The summed E-state index contributed by atoms with van der Waals surface area (Å²) < 4.78 is 65.0. The van der Waals surface area contributed by atoms with Crippen LogP contribution in [-0.4, -0.2) is 65.5 Å². The van der Waals surface area contributed by atoms with Crippen LogP contribution in [0.5, 0.6) is 11.6 Å². The topological polar surface area (TPSA) is 113 Å². The van der Waals surface area contributed by atoms with E-state index in [9.17, 15) is 27.9 Å². The summed E-state index contributed by atoms with van der Waals surface area (Å²) in [6, 6.07) is 0.330. The molecule has 37 heavy (non-hydrogen) atoms. The Labute approximate surface area is 210 Å². The average molecular weight is 529 g/mol. The summed E-state index contributed by atoms with van der Waals surface area (Å²) in [6.45, 7) is 4.04. The number of benzene rings is 1. The van der Waals surface area contributed by atoms with Gasteiger partial charge in [-0.25, -0.2) is 14.2 Å². The quantitative estimate of drug-likeness (QED) is 0.459. The first kappa shape index (κ1) is 28.0. The van der Waals surface area contributed by atoms with Crippen molar-refractivity contribution in [1.82, 2.24) is 9.88 Å². The number of anilines is 2. The van der Waals surface area contributed by atoms with Crippen molar-refractivity contribution in [2.75, 3.05) is 30.9 Å². The van der Waals surface area contributed by atoms with E-state index in [2.05, 4.69) is 15.6 Å². The number of carbonyl (C=O) groups excluding carboxylic acids is 2. The lowest BCUT2D eigenvalue weighted by Gasteiger charge is -2.24. The van der Waals surface area contributed by atoms with Crippen LogP contribution in [0.3, 0.4) is 0 Å². The maximum absolute atomic E-state index is 15.0. The van der Waals surface area contributed by atoms with Crippen LogP contribution in [-0.2, 0) is 0 Å². The smallest absolute Gasteiger partial charge is 0.425 e. The predicted molar refractivity (Wildman–Crippen MR) is 127 cm³/mol. The summed E-state index contributed by atoms with van der Waals surface area (Å²) >= 11 is 0. The number of ether oxygens (including phenoxy) is 2.